The number of carbonyl (C=O) groups excluding carboxylic acids is 1. The van der Waals surface area contributed by atoms with Gasteiger partial charge < -0.3 is 5.11 Å². The predicted octanol–water partition coefficient (Wildman–Crippen LogP) is 1.43. The number of allylic oxidation sites excluding steroid dienone is 4. The summed E-state index contributed by atoms with van der Waals surface area (Å²) in [5, 5.41) is 19.6. The number of nitrogens with one attached hydrogen (secondary N) is 2. The average molecular weight is 258 g/mol. The Hall–Kier alpha value is -2.63. The maximum atomic E-state index is 11.3. The van der Waals surface area contributed by atoms with E-state index in [9.17, 15) is 9.90 Å². The summed E-state index contributed by atoms with van der Waals surface area (Å²) in [5.74, 6) is -0.159. The molecule has 0 spiro atoms. The zero-order valence-electron chi connectivity index (χ0n) is 10.6. The van der Waals surface area contributed by atoms with Gasteiger partial charge in [-0.2, -0.15) is 10.2 Å². The van der Waals surface area contributed by atoms with Crippen LogP contribution in [-0.4, -0.2) is 26.9 Å². The Morgan fingerprint density at radius 3 is 2.58 bits per heavy atom. The molecule has 6 heteroatoms. The van der Waals surface area contributed by atoms with Crippen LogP contribution in [0.25, 0.3) is 6.08 Å². The molecule has 1 amide bonds. The second-order valence-electron chi connectivity index (χ2n) is 4.03. The number of amides is 1. The molecule has 2 rings (SSSR count). The van der Waals surface area contributed by atoms with Gasteiger partial charge in [0, 0.05) is 0 Å². The van der Waals surface area contributed by atoms with Crippen LogP contribution >= 0.6 is 0 Å². The third kappa shape index (κ3) is 2.79. The fourth-order valence-electron chi connectivity index (χ4n) is 1.61. The van der Waals surface area contributed by atoms with Gasteiger partial charge in [0.1, 0.15) is 0 Å². The number of H-pyrrole nitrogens is 1. The minimum absolute atomic E-state index is 0.0404. The first-order valence-corrected chi connectivity index (χ1v) is 5.73. The van der Waals surface area contributed by atoms with Crippen LogP contribution in [0.3, 0.4) is 0 Å². The standard InChI is InChI=1S/C13H14N4O2/c1-8-10(12(18)16-14-8)6-4-3-5-7-11-9(2)15-17-13(11)19/h3-7H,1-2H3,(H,16,18)(H2,15,17,19). The van der Waals surface area contributed by atoms with Crippen LogP contribution in [0, 0.1) is 6.92 Å². The molecule has 98 valence electrons. The molecule has 0 aromatic carbocycles. The van der Waals surface area contributed by atoms with E-state index >= 15 is 0 Å². The summed E-state index contributed by atoms with van der Waals surface area (Å²) < 4.78 is 0. The van der Waals surface area contributed by atoms with E-state index in [1.54, 1.807) is 44.2 Å². The first kappa shape index (κ1) is 12.8. The van der Waals surface area contributed by atoms with Gasteiger partial charge in [-0.25, -0.2) is 10.5 Å². The third-order valence-electron chi connectivity index (χ3n) is 2.68. The van der Waals surface area contributed by atoms with Crippen LogP contribution in [-0.2, 0) is 4.79 Å². The molecule has 1 aromatic heterocycles. The number of hydrazone groups is 1. The minimum atomic E-state index is -0.200. The Morgan fingerprint density at radius 1 is 1.21 bits per heavy atom. The molecule has 0 bridgehead atoms. The molecule has 0 aliphatic carbocycles. The second kappa shape index (κ2) is 5.34. The predicted molar refractivity (Wildman–Crippen MR) is 72.5 cm³/mol. The Labute approximate surface area is 110 Å². The van der Waals surface area contributed by atoms with Gasteiger partial charge in [0.25, 0.3) is 5.91 Å². The number of aromatic nitrogens is 2. The Balaban J connectivity index is 2.03. The molecule has 1 aliphatic rings. The largest absolute Gasteiger partial charge is 0.493 e. The zero-order valence-corrected chi connectivity index (χ0v) is 10.6. The van der Waals surface area contributed by atoms with Crippen molar-refractivity contribution in [3.8, 4) is 5.88 Å². The summed E-state index contributed by atoms with van der Waals surface area (Å²) in [7, 11) is 0. The lowest BCUT2D eigenvalue weighted by Crippen LogP contribution is -2.12. The van der Waals surface area contributed by atoms with E-state index in [1.807, 2.05) is 0 Å². The number of nitrogens with zero attached hydrogens (tertiary/aromatic N) is 2. The molecular formula is C13H14N4O2. The van der Waals surface area contributed by atoms with Gasteiger partial charge in [0.2, 0.25) is 5.88 Å². The monoisotopic (exact) mass is 258 g/mol. The summed E-state index contributed by atoms with van der Waals surface area (Å²) in [4.78, 5) is 11.3. The van der Waals surface area contributed by atoms with Gasteiger partial charge >= 0.3 is 0 Å². The zero-order chi connectivity index (χ0) is 13.8. The molecule has 6 nitrogen and oxygen atoms in total. The Bertz CT molecular complexity index is 601. The molecule has 1 aromatic rings. The van der Waals surface area contributed by atoms with Crippen LogP contribution < -0.4 is 5.43 Å². The molecule has 0 atom stereocenters. The molecule has 0 radical (unpaired) electrons. The highest BCUT2D eigenvalue weighted by Gasteiger charge is 2.16. The molecule has 1 aliphatic heterocycles. The molecule has 2 heterocycles. The highest BCUT2D eigenvalue weighted by molar-refractivity contribution is 6.24. The number of rotatable bonds is 3. The topological polar surface area (TPSA) is 90.4 Å². The molecule has 19 heavy (non-hydrogen) atoms. The van der Waals surface area contributed by atoms with Gasteiger partial charge in [-0.1, -0.05) is 18.2 Å². The van der Waals surface area contributed by atoms with Crippen molar-refractivity contribution in [2.24, 2.45) is 5.10 Å². The van der Waals surface area contributed by atoms with Crippen molar-refractivity contribution in [1.29, 1.82) is 0 Å². The number of aryl methyl sites for hydroxylation is 1. The number of aromatic hydroxyl groups is 1. The summed E-state index contributed by atoms with van der Waals surface area (Å²) in [6, 6.07) is 0. The Morgan fingerprint density at radius 2 is 2.00 bits per heavy atom. The van der Waals surface area contributed by atoms with Crippen LogP contribution in [0.1, 0.15) is 18.2 Å². The molecule has 3 N–H and O–H groups in total. The van der Waals surface area contributed by atoms with E-state index in [0.717, 1.165) is 5.69 Å². The molecule has 0 saturated heterocycles. The van der Waals surface area contributed by atoms with Crippen molar-refractivity contribution < 1.29 is 9.90 Å². The van der Waals surface area contributed by atoms with E-state index in [0.29, 0.717) is 16.8 Å². The highest BCUT2D eigenvalue weighted by Crippen LogP contribution is 2.17. The van der Waals surface area contributed by atoms with Crippen molar-refractivity contribution in [2.75, 3.05) is 0 Å². The van der Waals surface area contributed by atoms with Gasteiger partial charge in [0.15, 0.2) is 0 Å². The highest BCUT2D eigenvalue weighted by atomic mass is 16.3. The molecule has 0 unspecified atom stereocenters. The van der Waals surface area contributed by atoms with Crippen molar-refractivity contribution in [3.05, 3.63) is 41.1 Å². The normalized spacial score (nSPS) is 17.7. The average Bonchev–Trinajstić information content (AvgIpc) is 2.86. The van der Waals surface area contributed by atoms with Crippen molar-refractivity contribution >= 4 is 17.7 Å². The van der Waals surface area contributed by atoms with Crippen LogP contribution in [0.15, 0.2) is 35.0 Å². The lowest BCUT2D eigenvalue weighted by molar-refractivity contribution is -0.116. The minimum Gasteiger partial charge on any atom is -0.493 e. The SMILES string of the molecule is CC1=NNC(=O)C1=CC=CC=Cc1c(C)n[nH]c1O. The lowest BCUT2D eigenvalue weighted by Gasteiger charge is -1.90. The quantitative estimate of drug-likeness (QED) is 0.565. The van der Waals surface area contributed by atoms with Crippen molar-refractivity contribution in [2.45, 2.75) is 13.8 Å². The van der Waals surface area contributed by atoms with E-state index in [1.165, 1.54) is 0 Å². The van der Waals surface area contributed by atoms with Crippen LogP contribution in [0.5, 0.6) is 5.88 Å². The van der Waals surface area contributed by atoms with Gasteiger partial charge in [-0.3, -0.25) is 4.79 Å². The van der Waals surface area contributed by atoms with Crippen LogP contribution in [0.2, 0.25) is 0 Å². The smallest absolute Gasteiger partial charge is 0.273 e. The number of carbonyl (C=O) groups is 1. The summed E-state index contributed by atoms with van der Waals surface area (Å²) in [6.45, 7) is 3.56. The summed E-state index contributed by atoms with van der Waals surface area (Å²) >= 11 is 0. The van der Waals surface area contributed by atoms with Crippen molar-refractivity contribution in [3.63, 3.8) is 0 Å². The first-order chi connectivity index (χ1) is 9.09. The van der Waals surface area contributed by atoms with E-state index < -0.39 is 0 Å². The van der Waals surface area contributed by atoms with E-state index in [-0.39, 0.29) is 11.8 Å². The van der Waals surface area contributed by atoms with E-state index in [2.05, 4.69) is 20.7 Å². The fraction of sp³-hybridized carbons (Fsp3) is 0.154. The molecule has 0 saturated carbocycles. The number of aromatic amines is 1. The first-order valence-electron chi connectivity index (χ1n) is 5.73. The van der Waals surface area contributed by atoms with Gasteiger partial charge in [-0.05, 0) is 26.0 Å². The maximum absolute atomic E-state index is 11.3. The van der Waals surface area contributed by atoms with E-state index in [4.69, 9.17) is 0 Å². The number of hydrogen-bond donors (Lipinski definition) is 3. The maximum Gasteiger partial charge on any atom is 0.273 e. The summed E-state index contributed by atoms with van der Waals surface area (Å²) in [5.41, 5.74) is 4.97. The third-order valence-corrected chi connectivity index (χ3v) is 2.68. The van der Waals surface area contributed by atoms with Crippen LogP contribution in [0.4, 0.5) is 0 Å². The second-order valence-corrected chi connectivity index (χ2v) is 4.03. The van der Waals surface area contributed by atoms with Crippen molar-refractivity contribution in [1.82, 2.24) is 15.6 Å². The summed E-state index contributed by atoms with van der Waals surface area (Å²) in [6.07, 6.45) is 8.68. The fourth-order valence-corrected chi connectivity index (χ4v) is 1.61. The lowest BCUT2D eigenvalue weighted by atomic mass is 10.1. The molecule has 0 fully saturated rings. The number of hydrogen-bond acceptors (Lipinski definition) is 4. The van der Waals surface area contributed by atoms with Gasteiger partial charge in [-0.15, -0.1) is 0 Å². The Kier molecular flexibility index (Phi) is 3.61. The van der Waals surface area contributed by atoms with Gasteiger partial charge in [0.05, 0.1) is 22.5 Å². The molecular weight excluding hydrogens is 244 g/mol.